The summed E-state index contributed by atoms with van der Waals surface area (Å²) in [7, 11) is -3.93. The molecule has 0 aliphatic carbocycles. The van der Waals surface area contributed by atoms with Crippen molar-refractivity contribution in [3.63, 3.8) is 0 Å². The second kappa shape index (κ2) is 9.70. The van der Waals surface area contributed by atoms with Gasteiger partial charge in [0.1, 0.15) is 11.6 Å². The van der Waals surface area contributed by atoms with Crippen molar-refractivity contribution in [3.05, 3.63) is 89.7 Å². The van der Waals surface area contributed by atoms with Crippen molar-refractivity contribution < 1.29 is 22.3 Å². The molecule has 1 amide bonds. The number of fused-ring (bicyclic) bond motifs is 1. The molecule has 1 unspecified atom stereocenters. The molecule has 0 spiro atoms. The summed E-state index contributed by atoms with van der Waals surface area (Å²) in [5, 5.41) is 2.81. The van der Waals surface area contributed by atoms with Gasteiger partial charge in [0.05, 0.1) is 17.1 Å². The Morgan fingerprint density at radius 1 is 1.06 bits per heavy atom. The maximum atomic E-state index is 13.6. The number of ether oxygens (including phenoxy) is 1. The number of halogens is 1. The van der Waals surface area contributed by atoms with Gasteiger partial charge in [-0.1, -0.05) is 57.2 Å². The molecular formula is C27H29FN2O4S. The third-order valence-corrected chi connectivity index (χ3v) is 7.74. The first-order valence-corrected chi connectivity index (χ1v) is 12.9. The van der Waals surface area contributed by atoms with E-state index in [0.717, 1.165) is 11.1 Å². The van der Waals surface area contributed by atoms with E-state index >= 15 is 0 Å². The summed E-state index contributed by atoms with van der Waals surface area (Å²) < 4.78 is 47.6. The molecule has 3 aromatic rings. The smallest absolute Gasteiger partial charge is 0.264 e. The highest BCUT2D eigenvalue weighted by atomic mass is 32.2. The molecule has 3 aromatic carbocycles. The molecule has 184 valence electrons. The Hall–Kier alpha value is -3.39. The zero-order chi connectivity index (χ0) is 25.2. The van der Waals surface area contributed by atoms with Crippen LogP contribution in [0.15, 0.2) is 77.7 Å². The van der Waals surface area contributed by atoms with E-state index in [2.05, 4.69) is 5.32 Å². The third kappa shape index (κ3) is 5.48. The van der Waals surface area contributed by atoms with Gasteiger partial charge < -0.3 is 10.1 Å². The van der Waals surface area contributed by atoms with E-state index in [1.54, 1.807) is 36.4 Å². The minimum Gasteiger partial charge on any atom is -0.476 e. The van der Waals surface area contributed by atoms with Crippen LogP contribution in [0.4, 0.5) is 10.1 Å². The third-order valence-electron chi connectivity index (χ3n) is 5.94. The average Bonchev–Trinajstić information content (AvgIpc) is 2.84. The van der Waals surface area contributed by atoms with Crippen molar-refractivity contribution >= 4 is 21.6 Å². The molecule has 1 aliphatic heterocycles. The number of carbonyl (C=O) groups is 1. The molecule has 0 aromatic heterocycles. The number of benzene rings is 3. The fraction of sp³-hybridized carbons (Fsp3) is 0.296. The van der Waals surface area contributed by atoms with Crippen molar-refractivity contribution in [2.45, 2.75) is 43.6 Å². The number of anilines is 1. The van der Waals surface area contributed by atoms with Gasteiger partial charge in [-0.3, -0.25) is 9.10 Å². The van der Waals surface area contributed by atoms with Crippen LogP contribution in [-0.2, 0) is 26.7 Å². The minimum absolute atomic E-state index is 0.143. The normalized spacial score (nSPS) is 15.8. The van der Waals surface area contributed by atoms with E-state index in [1.807, 2.05) is 32.9 Å². The molecule has 0 bridgehead atoms. The molecule has 0 saturated carbocycles. The molecule has 1 aliphatic rings. The van der Waals surface area contributed by atoms with Gasteiger partial charge in [-0.2, -0.15) is 0 Å². The summed E-state index contributed by atoms with van der Waals surface area (Å²) in [6.07, 6.45) is -0.509. The Kier molecular flexibility index (Phi) is 6.85. The predicted octanol–water partition coefficient (Wildman–Crippen LogP) is 4.44. The lowest BCUT2D eigenvalue weighted by Crippen LogP contribution is -2.51. The predicted molar refractivity (Wildman–Crippen MR) is 134 cm³/mol. The van der Waals surface area contributed by atoms with Gasteiger partial charge in [0.25, 0.3) is 15.9 Å². The molecule has 1 atom stereocenters. The molecule has 1 N–H and O–H groups in total. The first-order chi connectivity index (χ1) is 16.6. The molecule has 1 heterocycles. The SMILES string of the molecule is CC(C)(C)c1ccc2c(c1)N(S(=O)(=O)c1ccccc1)CC(C(=O)NCCc1ccc(F)cc1)O2. The molecule has 0 radical (unpaired) electrons. The number of sulfonamides is 1. The van der Waals surface area contributed by atoms with Crippen molar-refractivity contribution in [2.75, 3.05) is 17.4 Å². The highest BCUT2D eigenvalue weighted by Gasteiger charge is 2.38. The Bertz CT molecular complexity index is 1300. The van der Waals surface area contributed by atoms with Crippen LogP contribution in [0.1, 0.15) is 31.9 Å². The summed E-state index contributed by atoms with van der Waals surface area (Å²) >= 11 is 0. The van der Waals surface area contributed by atoms with Crippen LogP contribution in [0, 0.1) is 5.82 Å². The van der Waals surface area contributed by atoms with Crippen LogP contribution < -0.4 is 14.4 Å². The monoisotopic (exact) mass is 496 g/mol. The van der Waals surface area contributed by atoms with Crippen LogP contribution in [0.2, 0.25) is 0 Å². The summed E-state index contributed by atoms with van der Waals surface area (Å²) in [4.78, 5) is 13.1. The number of amides is 1. The molecule has 0 saturated heterocycles. The van der Waals surface area contributed by atoms with E-state index in [4.69, 9.17) is 4.74 Å². The number of nitrogens with one attached hydrogen (secondary N) is 1. The molecule has 35 heavy (non-hydrogen) atoms. The molecule has 6 nitrogen and oxygen atoms in total. The zero-order valence-electron chi connectivity index (χ0n) is 20.0. The number of nitrogens with zero attached hydrogens (tertiary/aromatic N) is 1. The number of hydrogen-bond acceptors (Lipinski definition) is 4. The van der Waals surface area contributed by atoms with Crippen molar-refractivity contribution in [1.82, 2.24) is 5.32 Å². The van der Waals surface area contributed by atoms with Gasteiger partial charge in [0.15, 0.2) is 6.10 Å². The first-order valence-electron chi connectivity index (χ1n) is 11.5. The minimum atomic E-state index is -3.93. The molecular weight excluding hydrogens is 467 g/mol. The largest absolute Gasteiger partial charge is 0.476 e. The van der Waals surface area contributed by atoms with Crippen LogP contribution in [0.5, 0.6) is 5.75 Å². The summed E-state index contributed by atoms with van der Waals surface area (Å²) in [5.74, 6) is -0.394. The summed E-state index contributed by atoms with van der Waals surface area (Å²) in [6.45, 7) is 6.30. The maximum absolute atomic E-state index is 13.6. The van der Waals surface area contributed by atoms with Crippen LogP contribution >= 0.6 is 0 Å². The Labute approximate surface area is 205 Å². The molecule has 4 rings (SSSR count). The second-order valence-corrected chi connectivity index (χ2v) is 11.4. The fourth-order valence-electron chi connectivity index (χ4n) is 3.90. The molecule has 8 heteroatoms. The van der Waals surface area contributed by atoms with Crippen LogP contribution in [0.25, 0.3) is 0 Å². The number of carbonyl (C=O) groups excluding carboxylic acids is 1. The lowest BCUT2D eigenvalue weighted by molar-refractivity contribution is -0.127. The summed E-state index contributed by atoms with van der Waals surface area (Å²) in [6, 6.07) is 19.7. The Morgan fingerprint density at radius 3 is 2.40 bits per heavy atom. The van der Waals surface area contributed by atoms with Crippen molar-refractivity contribution in [1.29, 1.82) is 0 Å². The zero-order valence-corrected chi connectivity index (χ0v) is 20.8. The van der Waals surface area contributed by atoms with Crippen LogP contribution in [0.3, 0.4) is 0 Å². The van der Waals surface area contributed by atoms with Gasteiger partial charge in [-0.15, -0.1) is 0 Å². The van der Waals surface area contributed by atoms with E-state index in [0.29, 0.717) is 24.4 Å². The lowest BCUT2D eigenvalue weighted by atomic mass is 9.86. The van der Waals surface area contributed by atoms with E-state index in [1.165, 1.54) is 28.6 Å². The van der Waals surface area contributed by atoms with Gasteiger partial charge in [-0.25, -0.2) is 12.8 Å². The average molecular weight is 497 g/mol. The highest BCUT2D eigenvalue weighted by molar-refractivity contribution is 7.92. The van der Waals surface area contributed by atoms with Crippen molar-refractivity contribution in [2.24, 2.45) is 0 Å². The van der Waals surface area contributed by atoms with E-state index in [-0.39, 0.29) is 22.7 Å². The highest BCUT2D eigenvalue weighted by Crippen LogP contribution is 2.40. The topological polar surface area (TPSA) is 75.7 Å². The van der Waals surface area contributed by atoms with Crippen molar-refractivity contribution in [3.8, 4) is 5.75 Å². The van der Waals surface area contributed by atoms with Gasteiger partial charge in [0.2, 0.25) is 0 Å². The number of hydrogen-bond donors (Lipinski definition) is 1. The van der Waals surface area contributed by atoms with Crippen LogP contribution in [-0.4, -0.2) is 33.5 Å². The standard InChI is InChI=1S/C27H29FN2O4S/c1-27(2,3)20-11-14-24-23(17-20)30(35(32,33)22-7-5-4-6-8-22)18-25(34-24)26(31)29-16-15-19-9-12-21(28)13-10-19/h4-14,17,25H,15-16,18H2,1-3H3,(H,29,31). The lowest BCUT2D eigenvalue weighted by Gasteiger charge is -2.36. The summed E-state index contributed by atoms with van der Waals surface area (Å²) in [5.41, 5.74) is 2.04. The second-order valence-electron chi connectivity index (χ2n) is 9.56. The Balaban J connectivity index is 1.60. The van der Waals surface area contributed by atoms with E-state index in [9.17, 15) is 17.6 Å². The first kappa shape index (κ1) is 24.7. The van der Waals surface area contributed by atoms with Gasteiger partial charge in [-0.05, 0) is 59.4 Å². The van der Waals surface area contributed by atoms with E-state index < -0.39 is 22.0 Å². The maximum Gasteiger partial charge on any atom is 0.264 e. The fourth-order valence-corrected chi connectivity index (χ4v) is 5.39. The van der Waals surface area contributed by atoms with Gasteiger partial charge in [0, 0.05) is 6.54 Å². The number of rotatable bonds is 6. The van der Waals surface area contributed by atoms with Gasteiger partial charge >= 0.3 is 0 Å². The molecule has 0 fully saturated rings. The Morgan fingerprint density at radius 2 is 1.74 bits per heavy atom. The quantitative estimate of drug-likeness (QED) is 0.548.